The Hall–Kier alpha value is -0.160. The van der Waals surface area contributed by atoms with Crippen LogP contribution >= 0.6 is 0 Å². The van der Waals surface area contributed by atoms with Gasteiger partial charge in [0, 0.05) is 25.2 Å². The van der Waals surface area contributed by atoms with Gasteiger partial charge in [0.05, 0.1) is 0 Å². The van der Waals surface area contributed by atoms with Crippen molar-refractivity contribution in [2.75, 3.05) is 19.8 Å². The molecule has 4 nitrogen and oxygen atoms in total. The fourth-order valence-corrected chi connectivity index (χ4v) is 0.684. The first kappa shape index (κ1) is 9.84. The van der Waals surface area contributed by atoms with Crippen molar-refractivity contribution in [1.82, 2.24) is 5.48 Å². The highest BCUT2D eigenvalue weighted by atomic mass is 16.5. The largest absolute Gasteiger partial charge is 0.396 e. The molecule has 0 saturated heterocycles. The van der Waals surface area contributed by atoms with Crippen LogP contribution in [-0.4, -0.2) is 35.2 Å². The summed E-state index contributed by atoms with van der Waals surface area (Å²) in [5, 5.41) is 25.6. The molecular weight excluding hydrogens is 134 g/mol. The van der Waals surface area contributed by atoms with Gasteiger partial charge in [-0.2, -0.15) is 0 Å². The van der Waals surface area contributed by atoms with Crippen LogP contribution in [0.4, 0.5) is 0 Å². The predicted octanol–water partition coefficient (Wildman–Crippen LogP) is -0.654. The molecule has 4 heteroatoms. The van der Waals surface area contributed by atoms with Crippen molar-refractivity contribution in [1.29, 1.82) is 0 Å². The monoisotopic (exact) mass is 149 g/mol. The summed E-state index contributed by atoms with van der Waals surface area (Å²) in [7, 11) is 0. The first-order valence-corrected chi connectivity index (χ1v) is 3.27. The molecule has 0 amide bonds. The maximum Gasteiger partial charge on any atom is 0.0498 e. The fraction of sp³-hybridized carbons (Fsp3) is 1.00. The summed E-state index contributed by atoms with van der Waals surface area (Å²) < 4.78 is 0. The number of aliphatic hydroxyl groups is 2. The minimum absolute atomic E-state index is 0.0265. The van der Waals surface area contributed by atoms with Gasteiger partial charge < -0.3 is 15.4 Å². The third-order valence-corrected chi connectivity index (χ3v) is 1.60. The van der Waals surface area contributed by atoms with Gasteiger partial charge in [-0.1, -0.05) is 6.92 Å². The minimum atomic E-state index is -0.413. The summed E-state index contributed by atoms with van der Waals surface area (Å²) in [4.78, 5) is 0. The zero-order valence-corrected chi connectivity index (χ0v) is 6.17. The molecule has 10 heavy (non-hydrogen) atoms. The van der Waals surface area contributed by atoms with Crippen molar-refractivity contribution in [3.05, 3.63) is 0 Å². The molecule has 1 atom stereocenters. The van der Waals surface area contributed by atoms with E-state index in [-0.39, 0.29) is 13.2 Å². The van der Waals surface area contributed by atoms with Crippen LogP contribution in [0.3, 0.4) is 0 Å². The maximum absolute atomic E-state index is 8.79. The van der Waals surface area contributed by atoms with Crippen LogP contribution in [0.5, 0.6) is 0 Å². The Balaban J connectivity index is 3.69. The van der Waals surface area contributed by atoms with Crippen LogP contribution < -0.4 is 5.48 Å². The van der Waals surface area contributed by atoms with Crippen LogP contribution in [0.25, 0.3) is 0 Å². The molecule has 0 aromatic heterocycles. The maximum atomic E-state index is 8.79. The zero-order valence-electron chi connectivity index (χ0n) is 6.17. The number of rotatable bonds is 5. The van der Waals surface area contributed by atoms with E-state index in [1.165, 1.54) is 0 Å². The topological polar surface area (TPSA) is 72.7 Å². The highest BCUT2D eigenvalue weighted by Gasteiger charge is 2.21. The minimum Gasteiger partial charge on any atom is -0.396 e. The van der Waals surface area contributed by atoms with Crippen LogP contribution in [0.15, 0.2) is 0 Å². The second kappa shape index (κ2) is 4.62. The van der Waals surface area contributed by atoms with E-state index in [9.17, 15) is 0 Å². The van der Waals surface area contributed by atoms with E-state index in [0.717, 1.165) is 0 Å². The molecule has 0 radical (unpaired) electrons. The van der Waals surface area contributed by atoms with E-state index in [1.54, 1.807) is 6.92 Å². The molecule has 4 N–H and O–H groups in total. The molecule has 0 fully saturated rings. The Morgan fingerprint density at radius 3 is 2.30 bits per heavy atom. The van der Waals surface area contributed by atoms with Crippen molar-refractivity contribution in [3.63, 3.8) is 0 Å². The Kier molecular flexibility index (Phi) is 4.55. The lowest BCUT2D eigenvalue weighted by Gasteiger charge is -2.24. The standard InChI is InChI=1S/C6H15NO3/c1-6(5-9,2-3-8)4-7-10/h7-10H,2-5H2,1H3. The smallest absolute Gasteiger partial charge is 0.0498 e. The van der Waals surface area contributed by atoms with Gasteiger partial charge in [-0.3, -0.25) is 0 Å². The molecule has 0 bridgehead atoms. The van der Waals surface area contributed by atoms with E-state index < -0.39 is 5.41 Å². The highest BCUT2D eigenvalue weighted by Crippen LogP contribution is 2.17. The van der Waals surface area contributed by atoms with Crippen LogP contribution in [0.2, 0.25) is 0 Å². The normalized spacial score (nSPS) is 16.8. The second-order valence-corrected chi connectivity index (χ2v) is 2.78. The van der Waals surface area contributed by atoms with Crippen molar-refractivity contribution in [3.8, 4) is 0 Å². The van der Waals surface area contributed by atoms with Crippen molar-refractivity contribution >= 4 is 0 Å². The molecule has 0 aliphatic rings. The predicted molar refractivity (Wildman–Crippen MR) is 36.7 cm³/mol. The van der Waals surface area contributed by atoms with Gasteiger partial charge in [0.1, 0.15) is 0 Å². The van der Waals surface area contributed by atoms with Gasteiger partial charge in [-0.05, 0) is 6.42 Å². The fourth-order valence-electron chi connectivity index (χ4n) is 0.684. The average molecular weight is 149 g/mol. The molecule has 0 aliphatic carbocycles. The van der Waals surface area contributed by atoms with Gasteiger partial charge in [0.2, 0.25) is 0 Å². The number of hydrogen-bond acceptors (Lipinski definition) is 4. The van der Waals surface area contributed by atoms with Gasteiger partial charge in [-0.25, -0.2) is 5.48 Å². The van der Waals surface area contributed by atoms with Crippen molar-refractivity contribution in [2.24, 2.45) is 5.41 Å². The van der Waals surface area contributed by atoms with Gasteiger partial charge in [0.25, 0.3) is 0 Å². The van der Waals surface area contributed by atoms with E-state index >= 15 is 0 Å². The lowest BCUT2D eigenvalue weighted by atomic mass is 9.88. The van der Waals surface area contributed by atoms with E-state index in [1.807, 2.05) is 5.48 Å². The summed E-state index contributed by atoms with van der Waals surface area (Å²) in [6.45, 7) is 2.07. The molecule has 0 rings (SSSR count). The quantitative estimate of drug-likeness (QED) is 0.392. The molecule has 0 aromatic carbocycles. The Morgan fingerprint density at radius 1 is 1.40 bits per heavy atom. The van der Waals surface area contributed by atoms with Crippen LogP contribution in [0, 0.1) is 5.41 Å². The summed E-state index contributed by atoms with van der Waals surface area (Å²) in [5.41, 5.74) is 1.56. The first-order valence-electron chi connectivity index (χ1n) is 3.27. The lowest BCUT2D eigenvalue weighted by molar-refractivity contribution is 0.0556. The highest BCUT2D eigenvalue weighted by molar-refractivity contribution is 4.73. The molecular formula is C6H15NO3. The molecule has 0 aliphatic heterocycles. The van der Waals surface area contributed by atoms with Crippen molar-refractivity contribution < 1.29 is 15.4 Å². The molecule has 0 spiro atoms. The molecule has 0 aromatic rings. The van der Waals surface area contributed by atoms with E-state index in [4.69, 9.17) is 15.4 Å². The van der Waals surface area contributed by atoms with Crippen LogP contribution in [0.1, 0.15) is 13.3 Å². The van der Waals surface area contributed by atoms with Gasteiger partial charge in [0.15, 0.2) is 0 Å². The Morgan fingerprint density at radius 2 is 2.00 bits per heavy atom. The number of aliphatic hydroxyl groups excluding tert-OH is 2. The number of nitrogens with one attached hydrogen (secondary N) is 1. The number of hydrogen-bond donors (Lipinski definition) is 4. The third-order valence-electron chi connectivity index (χ3n) is 1.60. The van der Waals surface area contributed by atoms with Crippen LogP contribution in [-0.2, 0) is 0 Å². The van der Waals surface area contributed by atoms with Crippen molar-refractivity contribution in [2.45, 2.75) is 13.3 Å². The number of hydroxylamine groups is 1. The SMILES string of the molecule is CC(CO)(CCO)CNO. The molecule has 62 valence electrons. The Bertz CT molecular complexity index is 81.1. The third kappa shape index (κ3) is 3.12. The van der Waals surface area contributed by atoms with E-state index in [0.29, 0.717) is 13.0 Å². The first-order chi connectivity index (χ1) is 4.68. The molecule has 1 unspecified atom stereocenters. The molecule has 0 saturated carbocycles. The summed E-state index contributed by atoms with van der Waals surface area (Å²) >= 11 is 0. The second-order valence-electron chi connectivity index (χ2n) is 2.78. The molecule has 0 heterocycles. The zero-order chi connectivity index (χ0) is 8.04. The average Bonchev–Trinajstić information content (AvgIpc) is 1.89. The lowest BCUT2D eigenvalue weighted by Crippen LogP contribution is -2.34. The Labute approximate surface area is 60.5 Å². The van der Waals surface area contributed by atoms with E-state index in [2.05, 4.69) is 0 Å². The summed E-state index contributed by atoms with van der Waals surface area (Å²) in [5.74, 6) is 0. The van der Waals surface area contributed by atoms with Gasteiger partial charge in [-0.15, -0.1) is 0 Å². The van der Waals surface area contributed by atoms with Gasteiger partial charge >= 0.3 is 0 Å². The summed E-state index contributed by atoms with van der Waals surface area (Å²) in [6.07, 6.45) is 0.483. The summed E-state index contributed by atoms with van der Waals surface area (Å²) in [6, 6.07) is 0.